The van der Waals surface area contributed by atoms with Gasteiger partial charge >= 0.3 is 0 Å². The Kier molecular flexibility index (Phi) is 6.29. The van der Waals surface area contributed by atoms with Crippen molar-refractivity contribution < 1.29 is 9.53 Å². The molecule has 2 aliphatic heterocycles. The summed E-state index contributed by atoms with van der Waals surface area (Å²) < 4.78 is 8.44. The molecule has 0 radical (unpaired) electrons. The Labute approximate surface area is 211 Å². The van der Waals surface area contributed by atoms with Crippen LogP contribution in [0.3, 0.4) is 0 Å². The number of hydrogen-bond donors (Lipinski definition) is 0. The van der Waals surface area contributed by atoms with E-state index in [4.69, 9.17) is 4.74 Å². The Morgan fingerprint density at radius 2 is 1.86 bits per heavy atom. The van der Waals surface area contributed by atoms with E-state index in [9.17, 15) is 9.59 Å². The largest absolute Gasteiger partial charge is 0.497 e. The third kappa shape index (κ3) is 3.98. The van der Waals surface area contributed by atoms with Crippen molar-refractivity contribution in [3.63, 3.8) is 0 Å². The summed E-state index contributed by atoms with van der Waals surface area (Å²) in [5.41, 5.74) is 2.73. The second-order valence-electron chi connectivity index (χ2n) is 8.36. The van der Waals surface area contributed by atoms with Crippen LogP contribution in [0.15, 0.2) is 63.3 Å². The molecular formula is C26H26N4O3S2. The fraction of sp³-hybridized carbons (Fsp3) is 0.269. The first-order valence-electron chi connectivity index (χ1n) is 11.5. The van der Waals surface area contributed by atoms with E-state index in [-0.39, 0.29) is 11.5 Å². The van der Waals surface area contributed by atoms with Crippen LogP contribution in [0.4, 0.5) is 11.4 Å². The number of carbonyl (C=O) groups is 1. The summed E-state index contributed by atoms with van der Waals surface area (Å²) in [5.74, 6) is 0.557. The molecule has 0 spiro atoms. The number of amides is 1. The molecule has 1 amide bonds. The molecule has 0 unspecified atom stereocenters. The Bertz CT molecular complexity index is 1520. The van der Waals surface area contributed by atoms with Gasteiger partial charge in [0.1, 0.15) is 20.0 Å². The second-order valence-corrected chi connectivity index (χ2v) is 10.4. The van der Waals surface area contributed by atoms with Crippen molar-refractivity contribution in [1.82, 2.24) is 4.57 Å². The zero-order chi connectivity index (χ0) is 24.7. The normalized spacial score (nSPS) is 18.3. The number of fused-ring (bicyclic) bond motifs is 1. The van der Waals surface area contributed by atoms with Gasteiger partial charge in [0.25, 0.3) is 11.5 Å². The molecule has 0 N–H and O–H groups in total. The molecule has 0 saturated heterocycles. The van der Waals surface area contributed by atoms with Gasteiger partial charge in [0.2, 0.25) is 0 Å². The van der Waals surface area contributed by atoms with Crippen molar-refractivity contribution in [2.45, 2.75) is 38.1 Å². The molecule has 0 saturated carbocycles. The SMILES string of the molecule is CCCCn1c(=C2C(=O)N(c3ccccc3)N=C2C)s/c(=C2\Sc3ccc(OC)cc3N2C)c1=O. The van der Waals surface area contributed by atoms with Crippen LogP contribution in [-0.2, 0) is 11.3 Å². The molecule has 35 heavy (non-hydrogen) atoms. The number of hydrogen-bond acceptors (Lipinski definition) is 7. The molecule has 7 nitrogen and oxygen atoms in total. The summed E-state index contributed by atoms with van der Waals surface area (Å²) in [6, 6.07) is 15.3. The van der Waals surface area contributed by atoms with E-state index in [2.05, 4.69) is 12.0 Å². The molecule has 9 heteroatoms. The zero-order valence-corrected chi connectivity index (χ0v) is 21.7. The highest BCUT2D eigenvalue weighted by molar-refractivity contribution is 8.08. The number of aromatic nitrogens is 1. The standard InChI is InChI=1S/C26H26N4O3S2/c1-5-6-14-29-24(32)22(26-28(3)19-15-18(33-4)12-13-20(19)34-26)35-25(29)21-16(2)27-30(23(21)31)17-10-8-7-9-11-17/h7-13,15H,5-6,14H2,1-4H3/b25-21?,26-22-. The molecule has 1 aromatic heterocycles. The molecule has 2 aliphatic rings. The monoisotopic (exact) mass is 506 g/mol. The summed E-state index contributed by atoms with van der Waals surface area (Å²) in [6.45, 7) is 4.48. The van der Waals surface area contributed by atoms with Crippen LogP contribution in [0.1, 0.15) is 26.7 Å². The van der Waals surface area contributed by atoms with E-state index in [1.165, 1.54) is 16.3 Å². The molecule has 0 bridgehead atoms. The average molecular weight is 507 g/mol. The number of hydrazone groups is 1. The van der Waals surface area contributed by atoms with E-state index in [1.807, 2.05) is 67.4 Å². The van der Waals surface area contributed by atoms with Gasteiger partial charge in [0, 0.05) is 24.6 Å². The highest BCUT2D eigenvalue weighted by Gasteiger charge is 2.32. The number of carbonyl (C=O) groups excluding carboxylic acids is 1. The van der Waals surface area contributed by atoms with Crippen molar-refractivity contribution >= 4 is 56.7 Å². The van der Waals surface area contributed by atoms with Gasteiger partial charge in [-0.25, -0.2) is 0 Å². The van der Waals surface area contributed by atoms with Crippen LogP contribution in [-0.4, -0.2) is 30.3 Å². The molecule has 3 aromatic rings. The zero-order valence-electron chi connectivity index (χ0n) is 20.1. The number of thiazole rings is 1. The Hall–Kier alpha value is -3.30. The van der Waals surface area contributed by atoms with Crippen LogP contribution in [0.5, 0.6) is 5.75 Å². The third-order valence-corrected chi connectivity index (χ3v) is 8.64. The molecule has 2 aromatic carbocycles. The number of rotatable bonds is 5. The number of para-hydroxylation sites is 1. The number of thioether (sulfide) groups is 1. The van der Waals surface area contributed by atoms with Crippen molar-refractivity contribution in [2.24, 2.45) is 5.10 Å². The highest BCUT2D eigenvalue weighted by atomic mass is 32.2. The number of ether oxygens (including phenoxy) is 1. The Balaban J connectivity index is 1.71. The number of anilines is 2. The van der Waals surface area contributed by atoms with Crippen LogP contribution in [0.25, 0.3) is 10.6 Å². The van der Waals surface area contributed by atoms with Gasteiger partial charge < -0.3 is 9.64 Å². The average Bonchev–Trinajstić information content (AvgIpc) is 3.48. The number of nitrogens with zero attached hydrogens (tertiary/aromatic N) is 4. The van der Waals surface area contributed by atoms with E-state index in [0.717, 1.165) is 34.2 Å². The summed E-state index contributed by atoms with van der Waals surface area (Å²) >= 11 is 2.94. The lowest BCUT2D eigenvalue weighted by atomic mass is 10.2. The molecule has 0 aliphatic carbocycles. The Morgan fingerprint density at radius 3 is 2.57 bits per heavy atom. The quantitative estimate of drug-likeness (QED) is 0.529. The fourth-order valence-electron chi connectivity index (χ4n) is 4.20. The number of unbranched alkanes of at least 4 members (excludes halogenated alkanes) is 1. The van der Waals surface area contributed by atoms with Gasteiger partial charge in [-0.3, -0.25) is 14.2 Å². The summed E-state index contributed by atoms with van der Waals surface area (Å²) in [5, 5.41) is 6.82. The van der Waals surface area contributed by atoms with Gasteiger partial charge in [0.15, 0.2) is 0 Å². The van der Waals surface area contributed by atoms with Crippen molar-refractivity contribution in [3.8, 4) is 5.75 Å². The van der Waals surface area contributed by atoms with Gasteiger partial charge in [-0.05, 0) is 37.6 Å². The van der Waals surface area contributed by atoms with Crippen molar-refractivity contribution in [3.05, 3.63) is 68.1 Å². The molecule has 0 atom stereocenters. The Morgan fingerprint density at radius 1 is 1.09 bits per heavy atom. The number of benzene rings is 2. The predicted octanol–water partition coefficient (Wildman–Crippen LogP) is 3.60. The van der Waals surface area contributed by atoms with Gasteiger partial charge in [0.05, 0.1) is 29.8 Å². The minimum atomic E-state index is -0.211. The minimum Gasteiger partial charge on any atom is -0.497 e. The first-order chi connectivity index (χ1) is 16.9. The third-order valence-electron chi connectivity index (χ3n) is 6.08. The van der Waals surface area contributed by atoms with Crippen LogP contribution in [0.2, 0.25) is 0 Å². The van der Waals surface area contributed by atoms with Crippen LogP contribution < -0.4 is 29.4 Å². The predicted molar refractivity (Wildman–Crippen MR) is 144 cm³/mol. The first kappa shape index (κ1) is 23.4. The molecule has 180 valence electrons. The lowest BCUT2D eigenvalue weighted by Crippen LogP contribution is -2.35. The molecular weight excluding hydrogens is 480 g/mol. The summed E-state index contributed by atoms with van der Waals surface area (Å²) in [7, 11) is 3.60. The molecule has 5 rings (SSSR count). The van der Waals surface area contributed by atoms with E-state index >= 15 is 0 Å². The minimum absolute atomic E-state index is 0.0705. The van der Waals surface area contributed by atoms with Gasteiger partial charge in [-0.1, -0.05) is 43.3 Å². The lowest BCUT2D eigenvalue weighted by molar-refractivity contribution is -0.112. The topological polar surface area (TPSA) is 67.1 Å². The second kappa shape index (κ2) is 9.39. The summed E-state index contributed by atoms with van der Waals surface area (Å²) in [6.07, 6.45) is 1.79. The molecule has 3 heterocycles. The number of methoxy groups -OCH3 is 1. The van der Waals surface area contributed by atoms with Crippen LogP contribution in [0, 0.1) is 0 Å². The smallest absolute Gasteiger partial charge is 0.283 e. The van der Waals surface area contributed by atoms with Crippen molar-refractivity contribution in [2.75, 3.05) is 24.1 Å². The van der Waals surface area contributed by atoms with E-state index in [0.29, 0.717) is 32.7 Å². The maximum atomic E-state index is 13.7. The van der Waals surface area contributed by atoms with Crippen LogP contribution >= 0.6 is 23.1 Å². The maximum Gasteiger partial charge on any atom is 0.283 e. The maximum absolute atomic E-state index is 13.7. The lowest BCUT2D eigenvalue weighted by Gasteiger charge is -2.13. The fourth-order valence-corrected chi connectivity index (χ4v) is 6.75. The van der Waals surface area contributed by atoms with E-state index in [1.54, 1.807) is 23.4 Å². The van der Waals surface area contributed by atoms with Crippen molar-refractivity contribution in [1.29, 1.82) is 0 Å². The van der Waals surface area contributed by atoms with E-state index < -0.39 is 0 Å². The summed E-state index contributed by atoms with van der Waals surface area (Å²) in [4.78, 5) is 30.4. The molecule has 0 fully saturated rings. The van der Waals surface area contributed by atoms with Gasteiger partial charge in [-0.15, -0.1) is 11.3 Å². The highest BCUT2D eigenvalue weighted by Crippen LogP contribution is 2.46. The van der Waals surface area contributed by atoms with Gasteiger partial charge in [-0.2, -0.15) is 10.1 Å². The first-order valence-corrected chi connectivity index (χ1v) is 13.1.